The summed E-state index contributed by atoms with van der Waals surface area (Å²) in [6.07, 6.45) is 1.71. The minimum absolute atomic E-state index is 0.240. The number of carbonyl (C=O) groups is 1. The van der Waals surface area contributed by atoms with E-state index in [1.807, 2.05) is 19.1 Å². The molecule has 0 amide bonds. The number of benzene rings is 1. The average molecular weight is 236 g/mol. The molecule has 0 spiro atoms. The zero-order valence-electron chi connectivity index (χ0n) is 10.7. The first-order valence-electron chi connectivity index (χ1n) is 5.93. The lowest BCUT2D eigenvalue weighted by Crippen LogP contribution is -2.02. The van der Waals surface area contributed by atoms with Crippen molar-refractivity contribution in [3.63, 3.8) is 0 Å². The Morgan fingerprint density at radius 3 is 2.76 bits per heavy atom. The zero-order valence-corrected chi connectivity index (χ0v) is 10.7. The topological polar surface area (TPSA) is 46.5 Å². The quantitative estimate of drug-likeness (QED) is 0.631. The minimum atomic E-state index is -0.240. The second kappa shape index (κ2) is 6.28. The van der Waals surface area contributed by atoms with Crippen molar-refractivity contribution < 1.29 is 14.6 Å². The van der Waals surface area contributed by atoms with Gasteiger partial charge in [-0.05, 0) is 42.9 Å². The van der Waals surface area contributed by atoms with Crippen LogP contribution in [0, 0.1) is 6.92 Å². The van der Waals surface area contributed by atoms with E-state index in [4.69, 9.17) is 4.74 Å². The maximum atomic E-state index is 10.6. The molecule has 0 saturated heterocycles. The van der Waals surface area contributed by atoms with Crippen molar-refractivity contribution in [2.24, 2.45) is 0 Å². The van der Waals surface area contributed by atoms with E-state index in [2.05, 4.69) is 6.92 Å². The summed E-state index contributed by atoms with van der Waals surface area (Å²) in [5, 5.41) is 9.82. The van der Waals surface area contributed by atoms with E-state index < -0.39 is 0 Å². The molecule has 0 radical (unpaired) electrons. The van der Waals surface area contributed by atoms with Crippen molar-refractivity contribution in [2.45, 2.75) is 39.5 Å². The molecule has 0 bridgehead atoms. The van der Waals surface area contributed by atoms with Crippen LogP contribution in [0.15, 0.2) is 18.2 Å². The fourth-order valence-electron chi connectivity index (χ4n) is 1.83. The Kier molecular flexibility index (Phi) is 5.01. The van der Waals surface area contributed by atoms with Crippen LogP contribution in [0.2, 0.25) is 0 Å². The van der Waals surface area contributed by atoms with Crippen LogP contribution in [0.25, 0.3) is 0 Å². The molecule has 3 nitrogen and oxygen atoms in total. The lowest BCUT2D eigenvalue weighted by molar-refractivity contribution is -0.141. The van der Waals surface area contributed by atoms with Gasteiger partial charge in [0.05, 0.1) is 6.61 Å². The molecule has 0 aliphatic rings. The number of esters is 1. The van der Waals surface area contributed by atoms with Crippen LogP contribution in [0.4, 0.5) is 0 Å². The highest BCUT2D eigenvalue weighted by molar-refractivity contribution is 5.65. The van der Waals surface area contributed by atoms with Crippen molar-refractivity contribution >= 4 is 5.97 Å². The first-order valence-corrected chi connectivity index (χ1v) is 5.93. The van der Waals surface area contributed by atoms with Gasteiger partial charge in [-0.15, -0.1) is 0 Å². The van der Waals surface area contributed by atoms with Gasteiger partial charge in [-0.3, -0.25) is 4.79 Å². The van der Waals surface area contributed by atoms with Gasteiger partial charge in [-0.25, -0.2) is 0 Å². The van der Waals surface area contributed by atoms with Gasteiger partial charge in [0.2, 0.25) is 0 Å². The van der Waals surface area contributed by atoms with Crippen molar-refractivity contribution in [3.05, 3.63) is 29.3 Å². The molecule has 1 aromatic carbocycles. The van der Waals surface area contributed by atoms with E-state index in [1.54, 1.807) is 6.07 Å². The molecule has 0 aliphatic carbocycles. The predicted octanol–water partition coefficient (Wildman–Crippen LogP) is 3.15. The molecule has 1 N–H and O–H groups in total. The third-order valence-corrected chi connectivity index (χ3v) is 2.80. The van der Waals surface area contributed by atoms with Gasteiger partial charge in [-0.2, -0.15) is 0 Å². The molecule has 17 heavy (non-hydrogen) atoms. The predicted molar refractivity (Wildman–Crippen MR) is 67.1 cm³/mol. The summed E-state index contributed by atoms with van der Waals surface area (Å²) in [4.78, 5) is 10.6. The number of hydrogen-bond donors (Lipinski definition) is 1. The zero-order chi connectivity index (χ0) is 12.8. The Labute approximate surface area is 102 Å². The van der Waals surface area contributed by atoms with Crippen molar-refractivity contribution in [1.82, 2.24) is 0 Å². The molecule has 1 unspecified atom stereocenters. The van der Waals surface area contributed by atoms with Crippen molar-refractivity contribution in [3.8, 4) is 5.75 Å². The maximum absolute atomic E-state index is 10.6. The second-order valence-corrected chi connectivity index (χ2v) is 4.45. The molecular formula is C14H20O3. The number of rotatable bonds is 5. The number of carbonyl (C=O) groups excluding carboxylic acids is 1. The van der Waals surface area contributed by atoms with Crippen LogP contribution in [-0.4, -0.2) is 17.7 Å². The monoisotopic (exact) mass is 236 g/mol. The number of phenolic OH excluding ortho intramolecular Hbond substituents is 1. The summed E-state index contributed by atoms with van der Waals surface area (Å²) in [7, 11) is 0. The molecule has 1 aromatic rings. The van der Waals surface area contributed by atoms with E-state index in [-0.39, 0.29) is 11.9 Å². The molecule has 0 aliphatic heterocycles. The Hall–Kier alpha value is -1.51. The van der Waals surface area contributed by atoms with Gasteiger partial charge in [-0.1, -0.05) is 19.1 Å². The first-order chi connectivity index (χ1) is 8.00. The van der Waals surface area contributed by atoms with E-state index in [0.717, 1.165) is 24.0 Å². The molecule has 0 aromatic heterocycles. The number of aryl methyl sites for hydroxylation is 1. The molecule has 1 atom stereocenters. The molecule has 1 rings (SSSR count). The van der Waals surface area contributed by atoms with Crippen LogP contribution in [-0.2, 0) is 9.53 Å². The van der Waals surface area contributed by atoms with Gasteiger partial charge < -0.3 is 9.84 Å². The largest absolute Gasteiger partial charge is 0.508 e. The number of phenols is 1. The average Bonchev–Trinajstić information content (AvgIpc) is 2.23. The van der Waals surface area contributed by atoms with E-state index in [9.17, 15) is 9.90 Å². The molecular weight excluding hydrogens is 216 g/mol. The summed E-state index contributed by atoms with van der Waals surface area (Å²) >= 11 is 0. The summed E-state index contributed by atoms with van der Waals surface area (Å²) in [6.45, 7) is 5.88. The summed E-state index contributed by atoms with van der Waals surface area (Å²) in [5.41, 5.74) is 2.01. The smallest absolute Gasteiger partial charge is 0.302 e. The SMILES string of the molecule is CC(=O)OCCCC(C)c1ccc(C)cc1O. The third kappa shape index (κ3) is 4.47. The van der Waals surface area contributed by atoms with Crippen LogP contribution in [0.3, 0.4) is 0 Å². The van der Waals surface area contributed by atoms with E-state index in [0.29, 0.717) is 12.4 Å². The van der Waals surface area contributed by atoms with Crippen LogP contribution < -0.4 is 0 Å². The van der Waals surface area contributed by atoms with Crippen LogP contribution in [0.5, 0.6) is 5.75 Å². The molecule has 0 saturated carbocycles. The van der Waals surface area contributed by atoms with Crippen LogP contribution in [0.1, 0.15) is 43.7 Å². The summed E-state index contributed by atoms with van der Waals surface area (Å²) in [5.74, 6) is 0.381. The van der Waals surface area contributed by atoms with Crippen molar-refractivity contribution in [1.29, 1.82) is 0 Å². The Morgan fingerprint density at radius 1 is 1.47 bits per heavy atom. The Balaban J connectivity index is 2.46. The van der Waals surface area contributed by atoms with Crippen molar-refractivity contribution in [2.75, 3.05) is 6.61 Å². The highest BCUT2D eigenvalue weighted by Crippen LogP contribution is 2.29. The molecule has 0 heterocycles. The molecule has 0 fully saturated rings. The number of ether oxygens (including phenoxy) is 1. The van der Waals surface area contributed by atoms with Gasteiger partial charge >= 0.3 is 5.97 Å². The van der Waals surface area contributed by atoms with Gasteiger partial charge in [0.1, 0.15) is 5.75 Å². The normalized spacial score (nSPS) is 12.2. The van der Waals surface area contributed by atoms with Gasteiger partial charge in [0.15, 0.2) is 0 Å². The lowest BCUT2D eigenvalue weighted by atomic mass is 9.94. The molecule has 3 heteroatoms. The highest BCUT2D eigenvalue weighted by atomic mass is 16.5. The lowest BCUT2D eigenvalue weighted by Gasteiger charge is -2.13. The first kappa shape index (κ1) is 13.6. The van der Waals surface area contributed by atoms with Gasteiger partial charge in [0.25, 0.3) is 0 Å². The molecule has 94 valence electrons. The number of aromatic hydroxyl groups is 1. The van der Waals surface area contributed by atoms with E-state index >= 15 is 0 Å². The fourth-order valence-corrected chi connectivity index (χ4v) is 1.83. The Bertz CT molecular complexity index is 385. The standard InChI is InChI=1S/C14H20O3/c1-10-6-7-13(14(16)9-10)11(2)5-4-8-17-12(3)15/h6-7,9,11,16H,4-5,8H2,1-3H3. The third-order valence-electron chi connectivity index (χ3n) is 2.80. The highest BCUT2D eigenvalue weighted by Gasteiger charge is 2.10. The summed E-state index contributed by atoms with van der Waals surface area (Å²) in [6, 6.07) is 5.73. The van der Waals surface area contributed by atoms with Gasteiger partial charge in [0, 0.05) is 6.92 Å². The minimum Gasteiger partial charge on any atom is -0.508 e. The second-order valence-electron chi connectivity index (χ2n) is 4.45. The van der Waals surface area contributed by atoms with E-state index in [1.165, 1.54) is 6.92 Å². The Morgan fingerprint density at radius 2 is 2.18 bits per heavy atom. The summed E-state index contributed by atoms with van der Waals surface area (Å²) < 4.78 is 4.88. The fraction of sp³-hybridized carbons (Fsp3) is 0.500. The van der Waals surface area contributed by atoms with Crippen LogP contribution >= 0.6 is 0 Å². The maximum Gasteiger partial charge on any atom is 0.302 e. The number of hydrogen-bond acceptors (Lipinski definition) is 3.